The maximum absolute atomic E-state index is 11.8. The molecule has 0 radical (unpaired) electrons. The number of hydrogen-bond donors (Lipinski definition) is 1. The lowest BCUT2D eigenvalue weighted by Crippen LogP contribution is -2.40. The summed E-state index contributed by atoms with van der Waals surface area (Å²) < 4.78 is 4.36. The van der Waals surface area contributed by atoms with Gasteiger partial charge < -0.3 is 10.1 Å². The number of benzene rings is 1. The minimum absolute atomic E-state index is 0.195. The van der Waals surface area contributed by atoms with E-state index in [1.54, 1.807) is 24.3 Å². The number of fused-ring (bicyclic) bond motifs is 1. The van der Waals surface area contributed by atoms with Crippen LogP contribution in [0.25, 0.3) is 0 Å². The van der Waals surface area contributed by atoms with Crippen molar-refractivity contribution in [1.82, 2.24) is 10.2 Å². The molecule has 6 heteroatoms. The molecule has 1 heterocycles. The summed E-state index contributed by atoms with van der Waals surface area (Å²) in [6, 6.07) is 6.52. The van der Waals surface area contributed by atoms with Crippen LogP contribution in [0.4, 0.5) is 4.79 Å². The zero-order chi connectivity index (χ0) is 12.4. The number of ether oxygens (including phenoxy) is 1. The van der Waals surface area contributed by atoms with Crippen molar-refractivity contribution in [2.24, 2.45) is 0 Å². The molecule has 0 saturated carbocycles. The molecule has 0 unspecified atom stereocenters. The number of carbonyl (C=O) groups excluding carboxylic acids is 3. The third-order valence-corrected chi connectivity index (χ3v) is 2.45. The predicted octanol–water partition coefficient (Wildman–Crippen LogP) is 0.596. The van der Waals surface area contributed by atoms with Crippen molar-refractivity contribution in [2.45, 2.75) is 0 Å². The Morgan fingerprint density at radius 2 is 1.76 bits per heavy atom. The Morgan fingerprint density at radius 1 is 1.24 bits per heavy atom. The van der Waals surface area contributed by atoms with E-state index < -0.39 is 17.9 Å². The smallest absolute Gasteiger partial charge is 0.408 e. The van der Waals surface area contributed by atoms with Crippen LogP contribution in [0.1, 0.15) is 20.7 Å². The minimum atomic E-state index is -0.693. The van der Waals surface area contributed by atoms with Crippen LogP contribution in [0, 0.1) is 0 Å². The van der Waals surface area contributed by atoms with E-state index >= 15 is 0 Å². The molecule has 3 amide bonds. The number of nitrogens with one attached hydrogen (secondary N) is 1. The standard InChI is InChI=1S/C11H10N2O4/c1-17-11(16)12-6-13-9(14)7-4-2-3-5-8(7)10(13)15/h2-5H,6H2,1H3,(H,12,16). The number of hydrogen-bond acceptors (Lipinski definition) is 4. The molecule has 0 spiro atoms. The molecule has 0 aromatic heterocycles. The molecule has 0 saturated heterocycles. The van der Waals surface area contributed by atoms with Gasteiger partial charge in [0.1, 0.15) is 6.67 Å². The van der Waals surface area contributed by atoms with Gasteiger partial charge in [0.2, 0.25) is 0 Å². The number of methoxy groups -OCH3 is 1. The first-order valence-corrected chi connectivity index (χ1v) is 4.92. The monoisotopic (exact) mass is 234 g/mol. The quantitative estimate of drug-likeness (QED) is 0.760. The van der Waals surface area contributed by atoms with Crippen LogP contribution in [0.3, 0.4) is 0 Å². The molecule has 0 atom stereocenters. The number of imide groups is 1. The highest BCUT2D eigenvalue weighted by molar-refractivity contribution is 6.21. The Balaban J connectivity index is 2.16. The van der Waals surface area contributed by atoms with Crippen LogP contribution in [-0.4, -0.2) is 36.6 Å². The van der Waals surface area contributed by atoms with Gasteiger partial charge in [-0.3, -0.25) is 14.5 Å². The van der Waals surface area contributed by atoms with E-state index in [0.717, 1.165) is 4.90 Å². The van der Waals surface area contributed by atoms with Crippen molar-refractivity contribution in [3.8, 4) is 0 Å². The maximum Gasteiger partial charge on any atom is 0.408 e. The molecule has 0 fully saturated rings. The fraction of sp³-hybridized carbons (Fsp3) is 0.182. The molecule has 88 valence electrons. The van der Waals surface area contributed by atoms with Gasteiger partial charge >= 0.3 is 6.09 Å². The van der Waals surface area contributed by atoms with Gasteiger partial charge in [0.15, 0.2) is 0 Å². The lowest BCUT2D eigenvalue weighted by Gasteiger charge is -2.13. The van der Waals surface area contributed by atoms with Crippen molar-refractivity contribution in [3.63, 3.8) is 0 Å². The normalized spacial score (nSPS) is 13.6. The molecule has 1 N–H and O–H groups in total. The second kappa shape index (κ2) is 4.25. The zero-order valence-electron chi connectivity index (χ0n) is 9.10. The van der Waals surface area contributed by atoms with E-state index in [1.165, 1.54) is 7.11 Å². The minimum Gasteiger partial charge on any atom is -0.453 e. The number of alkyl carbamates (subject to hydrolysis) is 1. The van der Waals surface area contributed by atoms with E-state index in [4.69, 9.17) is 0 Å². The predicted molar refractivity (Wildman–Crippen MR) is 57.3 cm³/mol. The summed E-state index contributed by atoms with van der Waals surface area (Å²) in [7, 11) is 1.21. The van der Waals surface area contributed by atoms with Gasteiger partial charge in [0.25, 0.3) is 11.8 Å². The summed E-state index contributed by atoms with van der Waals surface area (Å²) in [4.78, 5) is 35.5. The van der Waals surface area contributed by atoms with Gasteiger partial charge in [-0.25, -0.2) is 4.79 Å². The van der Waals surface area contributed by atoms with Gasteiger partial charge in [0.05, 0.1) is 18.2 Å². The number of rotatable bonds is 2. The number of amides is 3. The molecule has 1 aromatic rings. The van der Waals surface area contributed by atoms with Gasteiger partial charge in [-0.1, -0.05) is 12.1 Å². The van der Waals surface area contributed by atoms with Crippen molar-refractivity contribution in [2.75, 3.05) is 13.8 Å². The second-order valence-corrected chi connectivity index (χ2v) is 3.41. The van der Waals surface area contributed by atoms with Gasteiger partial charge in [-0.05, 0) is 12.1 Å². The fourth-order valence-electron chi connectivity index (χ4n) is 1.60. The average Bonchev–Trinajstić information content (AvgIpc) is 2.60. The van der Waals surface area contributed by atoms with Crippen LogP contribution < -0.4 is 5.32 Å². The first-order valence-electron chi connectivity index (χ1n) is 4.92. The van der Waals surface area contributed by atoms with E-state index in [9.17, 15) is 14.4 Å². The van der Waals surface area contributed by atoms with Crippen molar-refractivity contribution < 1.29 is 19.1 Å². The SMILES string of the molecule is COC(=O)NCN1C(=O)c2ccccc2C1=O. The van der Waals surface area contributed by atoms with E-state index in [0.29, 0.717) is 11.1 Å². The van der Waals surface area contributed by atoms with Gasteiger partial charge in [-0.15, -0.1) is 0 Å². The van der Waals surface area contributed by atoms with E-state index in [1.807, 2.05) is 0 Å². The average molecular weight is 234 g/mol. The second-order valence-electron chi connectivity index (χ2n) is 3.41. The molecule has 0 aliphatic carbocycles. The lowest BCUT2D eigenvalue weighted by atomic mass is 10.1. The van der Waals surface area contributed by atoms with Crippen molar-refractivity contribution in [3.05, 3.63) is 35.4 Å². The fourth-order valence-corrected chi connectivity index (χ4v) is 1.60. The molecule has 0 bridgehead atoms. The Kier molecular flexibility index (Phi) is 2.78. The van der Waals surface area contributed by atoms with Crippen LogP contribution >= 0.6 is 0 Å². The van der Waals surface area contributed by atoms with E-state index in [-0.39, 0.29) is 6.67 Å². The van der Waals surface area contributed by atoms with Gasteiger partial charge in [-0.2, -0.15) is 0 Å². The Bertz CT molecular complexity index is 463. The number of nitrogens with zero attached hydrogens (tertiary/aromatic N) is 1. The highest BCUT2D eigenvalue weighted by Gasteiger charge is 2.35. The molecular formula is C11H10N2O4. The molecule has 6 nitrogen and oxygen atoms in total. The third-order valence-electron chi connectivity index (χ3n) is 2.45. The molecule has 1 aliphatic rings. The topological polar surface area (TPSA) is 75.7 Å². The largest absolute Gasteiger partial charge is 0.453 e. The Hall–Kier alpha value is -2.37. The summed E-state index contributed by atoms with van der Waals surface area (Å²) in [5, 5.41) is 2.29. The van der Waals surface area contributed by atoms with Crippen molar-refractivity contribution >= 4 is 17.9 Å². The molecule has 1 aromatic carbocycles. The Morgan fingerprint density at radius 3 is 2.24 bits per heavy atom. The highest BCUT2D eigenvalue weighted by Crippen LogP contribution is 2.21. The molecule has 2 rings (SSSR count). The molecule has 1 aliphatic heterocycles. The maximum atomic E-state index is 11.8. The summed E-state index contributed by atoms with van der Waals surface area (Å²) in [6.07, 6.45) is -0.693. The summed E-state index contributed by atoms with van der Waals surface area (Å²) in [5.41, 5.74) is 0.702. The Labute approximate surface area is 97.2 Å². The lowest BCUT2D eigenvalue weighted by molar-refractivity contribution is 0.0641. The van der Waals surface area contributed by atoms with Crippen LogP contribution in [0.15, 0.2) is 24.3 Å². The number of carbonyl (C=O) groups is 3. The summed E-state index contributed by atoms with van der Waals surface area (Å²) >= 11 is 0. The van der Waals surface area contributed by atoms with Crippen LogP contribution in [0.5, 0.6) is 0 Å². The zero-order valence-corrected chi connectivity index (χ0v) is 9.10. The van der Waals surface area contributed by atoms with Crippen molar-refractivity contribution in [1.29, 1.82) is 0 Å². The first kappa shape index (κ1) is 11.1. The highest BCUT2D eigenvalue weighted by atomic mass is 16.5. The van der Waals surface area contributed by atoms with E-state index in [2.05, 4.69) is 10.1 Å². The van der Waals surface area contributed by atoms with Crippen LogP contribution in [0.2, 0.25) is 0 Å². The summed E-state index contributed by atoms with van der Waals surface area (Å²) in [5.74, 6) is -0.830. The van der Waals surface area contributed by atoms with Gasteiger partial charge in [0, 0.05) is 0 Å². The summed E-state index contributed by atoms with van der Waals surface area (Å²) in [6.45, 7) is -0.195. The molecule has 17 heavy (non-hydrogen) atoms. The van der Waals surface area contributed by atoms with Crippen LogP contribution in [-0.2, 0) is 4.74 Å². The third kappa shape index (κ3) is 1.84. The molecular weight excluding hydrogens is 224 g/mol. The first-order chi connectivity index (χ1) is 8.15.